The highest BCUT2D eigenvalue weighted by atomic mass is 19.4. The summed E-state index contributed by atoms with van der Waals surface area (Å²) in [4.78, 5) is 32.1. The van der Waals surface area contributed by atoms with Gasteiger partial charge in [-0.05, 0) is 43.9 Å². The molecule has 0 spiro atoms. The predicted molar refractivity (Wildman–Crippen MR) is 111 cm³/mol. The van der Waals surface area contributed by atoms with Crippen LogP contribution in [0.25, 0.3) is 11.4 Å². The number of alkyl halides is 3. The van der Waals surface area contributed by atoms with Crippen LogP contribution in [0.3, 0.4) is 0 Å². The number of rotatable bonds is 4. The second kappa shape index (κ2) is 8.09. The van der Waals surface area contributed by atoms with Gasteiger partial charge in [0, 0.05) is 43.0 Å². The minimum atomic E-state index is -4.46. The van der Waals surface area contributed by atoms with E-state index in [1.54, 1.807) is 42.5 Å². The Balaban J connectivity index is 1.38. The summed E-state index contributed by atoms with van der Waals surface area (Å²) in [7, 11) is 0. The van der Waals surface area contributed by atoms with Crippen molar-refractivity contribution >= 4 is 5.91 Å². The molecule has 1 saturated heterocycles. The van der Waals surface area contributed by atoms with Gasteiger partial charge in [-0.15, -0.1) is 0 Å². The first kappa shape index (κ1) is 21.3. The highest BCUT2D eigenvalue weighted by Crippen LogP contribution is 2.41. The lowest BCUT2D eigenvalue weighted by Crippen LogP contribution is -2.47. The normalized spacial score (nSPS) is 21.9. The van der Waals surface area contributed by atoms with Crippen LogP contribution in [0, 0.1) is 12.8 Å². The fourth-order valence-electron chi connectivity index (χ4n) is 4.70. The van der Waals surface area contributed by atoms with Gasteiger partial charge in [-0.3, -0.25) is 9.78 Å². The largest absolute Gasteiger partial charge is 0.472 e. The third-order valence-corrected chi connectivity index (χ3v) is 6.18. The average Bonchev–Trinajstić information content (AvgIpc) is 3.39. The van der Waals surface area contributed by atoms with Crippen LogP contribution in [-0.2, 0) is 6.18 Å². The molecule has 5 rings (SSSR count). The molecule has 170 valence electrons. The Bertz CT molecular complexity index is 1170. The number of hydrogen-bond acceptors (Lipinski definition) is 6. The Hall–Kier alpha value is -3.56. The molecule has 33 heavy (non-hydrogen) atoms. The summed E-state index contributed by atoms with van der Waals surface area (Å²) >= 11 is 0. The lowest BCUT2D eigenvalue weighted by Gasteiger charge is -2.33. The van der Waals surface area contributed by atoms with Gasteiger partial charge in [-0.1, -0.05) is 0 Å². The first-order valence-electron chi connectivity index (χ1n) is 10.5. The number of halogens is 3. The van der Waals surface area contributed by atoms with E-state index in [1.165, 1.54) is 6.07 Å². The number of pyridine rings is 2. The van der Waals surface area contributed by atoms with E-state index in [1.807, 2.05) is 0 Å². The number of carbonyl (C=O) groups excluding carboxylic acids is 1. The predicted octanol–water partition coefficient (Wildman–Crippen LogP) is 3.94. The summed E-state index contributed by atoms with van der Waals surface area (Å²) in [5.41, 5.74) is 0.803. The first-order valence-corrected chi connectivity index (χ1v) is 10.5. The molecule has 0 radical (unpaired) electrons. The number of hydrogen-bond donors (Lipinski definition) is 0. The molecule has 0 N–H and O–H groups in total. The zero-order chi connectivity index (χ0) is 23.2. The number of fused-ring (bicyclic) bond motifs is 2. The van der Waals surface area contributed by atoms with Crippen molar-refractivity contribution in [3.63, 3.8) is 0 Å². The molecular weight excluding hydrogens is 435 g/mol. The van der Waals surface area contributed by atoms with Crippen LogP contribution in [0.15, 0.2) is 49.1 Å². The number of carbonyl (C=O) groups is 1. The van der Waals surface area contributed by atoms with E-state index in [0.717, 1.165) is 25.1 Å². The lowest BCUT2D eigenvalue weighted by molar-refractivity contribution is -0.137. The van der Waals surface area contributed by atoms with Crippen LogP contribution >= 0.6 is 0 Å². The monoisotopic (exact) mass is 455 g/mol. The summed E-state index contributed by atoms with van der Waals surface area (Å²) < 4.78 is 44.3. The maximum Gasteiger partial charge on any atom is 0.417 e. The molecule has 2 bridgehead atoms. The molecule has 4 heterocycles. The molecule has 2 aliphatic rings. The van der Waals surface area contributed by atoms with Gasteiger partial charge in [0.05, 0.1) is 22.9 Å². The van der Waals surface area contributed by atoms with Crippen molar-refractivity contribution in [3.8, 4) is 17.3 Å². The fourth-order valence-corrected chi connectivity index (χ4v) is 4.70. The van der Waals surface area contributed by atoms with Crippen molar-refractivity contribution < 1.29 is 22.7 Å². The van der Waals surface area contributed by atoms with E-state index in [-0.39, 0.29) is 29.9 Å². The smallest absolute Gasteiger partial charge is 0.417 e. The van der Waals surface area contributed by atoms with E-state index >= 15 is 0 Å². The Morgan fingerprint density at radius 2 is 1.85 bits per heavy atom. The summed E-state index contributed by atoms with van der Waals surface area (Å²) in [5, 5.41) is 0. The second-order valence-electron chi connectivity index (χ2n) is 8.29. The van der Waals surface area contributed by atoms with Gasteiger partial charge in [-0.2, -0.15) is 13.2 Å². The third-order valence-electron chi connectivity index (χ3n) is 6.18. The van der Waals surface area contributed by atoms with Gasteiger partial charge in [0.15, 0.2) is 5.82 Å². The SMILES string of the molecule is Cc1nccc(-c2ncccn2)c1C(=O)N1C[C@H]2C[C@@H](Oc3ccc(C(F)(F)F)cn3)[C@@H]1C2. The van der Waals surface area contributed by atoms with E-state index < -0.39 is 11.7 Å². The summed E-state index contributed by atoms with van der Waals surface area (Å²) in [6.45, 7) is 2.36. The molecule has 1 saturated carbocycles. The van der Waals surface area contributed by atoms with Gasteiger partial charge in [-0.25, -0.2) is 15.0 Å². The molecule has 2 fully saturated rings. The van der Waals surface area contributed by atoms with Crippen molar-refractivity contribution in [1.82, 2.24) is 24.8 Å². The molecule has 7 nitrogen and oxygen atoms in total. The highest BCUT2D eigenvalue weighted by Gasteiger charge is 2.49. The number of nitrogens with zero attached hydrogens (tertiary/aromatic N) is 5. The van der Waals surface area contributed by atoms with E-state index in [0.29, 0.717) is 29.2 Å². The Labute approximate surface area is 187 Å². The van der Waals surface area contributed by atoms with Crippen molar-refractivity contribution in [1.29, 1.82) is 0 Å². The minimum Gasteiger partial charge on any atom is -0.472 e. The van der Waals surface area contributed by atoms with E-state index in [2.05, 4.69) is 19.9 Å². The van der Waals surface area contributed by atoms with Gasteiger partial charge in [0.2, 0.25) is 5.88 Å². The average molecular weight is 455 g/mol. The lowest BCUT2D eigenvalue weighted by atomic mass is 10.0. The molecule has 3 aromatic rings. The van der Waals surface area contributed by atoms with Gasteiger partial charge < -0.3 is 9.64 Å². The Kier molecular flexibility index (Phi) is 5.22. The summed E-state index contributed by atoms with van der Waals surface area (Å²) in [5.74, 6) is 0.636. The third kappa shape index (κ3) is 4.01. The summed E-state index contributed by atoms with van der Waals surface area (Å²) in [6, 6.07) is 5.40. The Morgan fingerprint density at radius 3 is 2.52 bits per heavy atom. The first-order chi connectivity index (χ1) is 15.8. The van der Waals surface area contributed by atoms with Crippen LogP contribution in [-0.4, -0.2) is 49.4 Å². The topological polar surface area (TPSA) is 81.1 Å². The maximum absolute atomic E-state index is 13.6. The summed E-state index contributed by atoms with van der Waals surface area (Å²) in [6.07, 6.45) is 2.31. The number of aromatic nitrogens is 4. The highest BCUT2D eigenvalue weighted by molar-refractivity contribution is 6.01. The number of amides is 1. The molecule has 0 unspecified atom stereocenters. The standard InChI is InChI=1S/C23H20F3N5O2/c1-13-20(16(5-8-27-13)21-28-6-2-7-29-21)22(32)31-12-14-9-17(31)18(10-14)33-19-4-3-15(11-30-19)23(24,25)26/h2-8,11,14,17-18H,9-10,12H2,1H3/t14-,17+,18-/m1/s1. The molecule has 10 heteroatoms. The van der Waals surface area contributed by atoms with Gasteiger partial charge >= 0.3 is 6.18 Å². The van der Waals surface area contributed by atoms with Crippen molar-refractivity contribution in [2.75, 3.05) is 6.54 Å². The molecule has 1 aliphatic carbocycles. The zero-order valence-electron chi connectivity index (χ0n) is 17.7. The van der Waals surface area contributed by atoms with Crippen LogP contribution in [0.4, 0.5) is 13.2 Å². The molecule has 3 aromatic heterocycles. The van der Waals surface area contributed by atoms with Crippen LogP contribution in [0.1, 0.15) is 34.5 Å². The van der Waals surface area contributed by atoms with Crippen molar-refractivity contribution in [3.05, 3.63) is 65.9 Å². The minimum absolute atomic E-state index is 0.115. The van der Waals surface area contributed by atoms with Gasteiger partial charge in [0.25, 0.3) is 5.91 Å². The second-order valence-corrected chi connectivity index (χ2v) is 8.29. The maximum atomic E-state index is 13.6. The number of ether oxygens (including phenoxy) is 1. The van der Waals surface area contributed by atoms with Crippen LogP contribution in [0.5, 0.6) is 5.88 Å². The van der Waals surface area contributed by atoms with Crippen molar-refractivity contribution in [2.45, 2.75) is 38.1 Å². The van der Waals surface area contributed by atoms with Crippen molar-refractivity contribution in [2.24, 2.45) is 5.92 Å². The molecule has 1 aliphatic heterocycles. The molecule has 1 amide bonds. The quantitative estimate of drug-likeness (QED) is 0.593. The van der Waals surface area contributed by atoms with Crippen LogP contribution < -0.4 is 4.74 Å². The fraction of sp³-hybridized carbons (Fsp3) is 0.348. The zero-order valence-corrected chi connectivity index (χ0v) is 17.7. The molecule has 3 atom stereocenters. The number of aryl methyl sites for hydroxylation is 1. The van der Waals surface area contributed by atoms with E-state index in [9.17, 15) is 18.0 Å². The molecule has 0 aromatic carbocycles. The molecular formula is C23H20F3N5O2. The number of piperidine rings is 1. The van der Waals surface area contributed by atoms with Gasteiger partial charge in [0.1, 0.15) is 6.10 Å². The van der Waals surface area contributed by atoms with E-state index in [4.69, 9.17) is 4.74 Å². The van der Waals surface area contributed by atoms with Crippen LogP contribution in [0.2, 0.25) is 0 Å². The number of likely N-dealkylation sites (tertiary alicyclic amines) is 1. The Morgan fingerprint density at radius 1 is 1.06 bits per heavy atom.